The fraction of sp³-hybridized carbons (Fsp3) is 0.286. The highest BCUT2D eigenvalue weighted by atomic mass is 79.9. The third kappa shape index (κ3) is 3.19. The molecular formula is C14H16BrN3OS. The molecule has 0 aliphatic rings. The van der Waals surface area contributed by atoms with Gasteiger partial charge in [0, 0.05) is 9.75 Å². The Hall–Kier alpha value is -1.40. The van der Waals surface area contributed by atoms with Crippen molar-refractivity contribution < 1.29 is 0 Å². The van der Waals surface area contributed by atoms with Crippen molar-refractivity contribution in [1.29, 1.82) is 0 Å². The van der Waals surface area contributed by atoms with Gasteiger partial charge in [-0.25, -0.2) is 4.68 Å². The molecule has 106 valence electrons. The summed E-state index contributed by atoms with van der Waals surface area (Å²) in [6.45, 7) is 8.15. The normalized spacial score (nSPS) is 12.2. The molecule has 0 aliphatic carbocycles. The lowest BCUT2D eigenvalue weighted by Gasteiger charge is -2.15. The van der Waals surface area contributed by atoms with Crippen molar-refractivity contribution in [2.45, 2.75) is 26.4 Å². The second-order valence-electron chi connectivity index (χ2n) is 4.46. The predicted molar refractivity (Wildman–Crippen MR) is 87.5 cm³/mol. The van der Waals surface area contributed by atoms with Crippen LogP contribution in [0.3, 0.4) is 0 Å². The Labute approximate surface area is 130 Å². The maximum atomic E-state index is 12.1. The van der Waals surface area contributed by atoms with E-state index in [-0.39, 0.29) is 11.6 Å². The van der Waals surface area contributed by atoms with E-state index in [2.05, 4.69) is 58.9 Å². The largest absolute Gasteiger partial charge is 0.375 e. The van der Waals surface area contributed by atoms with Crippen LogP contribution < -0.4 is 10.9 Å². The Morgan fingerprint density at radius 1 is 1.60 bits per heavy atom. The summed E-state index contributed by atoms with van der Waals surface area (Å²) in [6, 6.07) is 4.31. The SMILES string of the molecule is C=CCn1ncc(NC(C)c2ccc(C)s2)c(Br)c1=O. The number of hydrogen-bond acceptors (Lipinski definition) is 4. The molecule has 4 nitrogen and oxygen atoms in total. The molecule has 0 saturated carbocycles. The monoisotopic (exact) mass is 353 g/mol. The summed E-state index contributed by atoms with van der Waals surface area (Å²) in [7, 11) is 0. The summed E-state index contributed by atoms with van der Waals surface area (Å²) >= 11 is 5.08. The van der Waals surface area contributed by atoms with Crippen molar-refractivity contribution in [3.63, 3.8) is 0 Å². The highest BCUT2D eigenvalue weighted by molar-refractivity contribution is 9.10. The van der Waals surface area contributed by atoms with Gasteiger partial charge in [0.05, 0.1) is 24.5 Å². The zero-order valence-electron chi connectivity index (χ0n) is 11.4. The molecule has 20 heavy (non-hydrogen) atoms. The zero-order chi connectivity index (χ0) is 14.7. The minimum atomic E-state index is -0.163. The Morgan fingerprint density at radius 3 is 2.95 bits per heavy atom. The van der Waals surface area contributed by atoms with Crippen molar-refractivity contribution in [2.24, 2.45) is 0 Å². The van der Waals surface area contributed by atoms with Crippen LogP contribution in [0.2, 0.25) is 0 Å². The van der Waals surface area contributed by atoms with Crippen LogP contribution in [0.15, 0.2) is 40.3 Å². The lowest BCUT2D eigenvalue weighted by molar-refractivity contribution is 0.648. The molecule has 1 unspecified atom stereocenters. The molecule has 0 saturated heterocycles. The molecule has 0 fully saturated rings. The number of nitrogens with zero attached hydrogens (tertiary/aromatic N) is 2. The first-order chi connectivity index (χ1) is 9.52. The van der Waals surface area contributed by atoms with Gasteiger partial charge in [0.1, 0.15) is 4.47 Å². The van der Waals surface area contributed by atoms with Gasteiger partial charge in [-0.1, -0.05) is 6.08 Å². The van der Waals surface area contributed by atoms with Gasteiger partial charge in [0.25, 0.3) is 5.56 Å². The Morgan fingerprint density at radius 2 is 2.35 bits per heavy atom. The first kappa shape index (κ1) is 15.0. The maximum Gasteiger partial charge on any atom is 0.283 e. The summed E-state index contributed by atoms with van der Waals surface area (Å²) in [4.78, 5) is 14.6. The van der Waals surface area contributed by atoms with E-state index >= 15 is 0 Å². The molecule has 2 aromatic rings. The molecule has 0 spiro atoms. The Balaban J connectivity index is 2.24. The highest BCUT2D eigenvalue weighted by Crippen LogP contribution is 2.27. The number of halogens is 1. The first-order valence-corrected chi connectivity index (χ1v) is 7.83. The van der Waals surface area contributed by atoms with Crippen molar-refractivity contribution >= 4 is 33.0 Å². The molecule has 2 rings (SSSR count). The van der Waals surface area contributed by atoms with Crippen LogP contribution in [0, 0.1) is 6.92 Å². The summed E-state index contributed by atoms with van der Waals surface area (Å²) in [5, 5.41) is 7.44. The Bertz CT molecular complexity index is 677. The van der Waals surface area contributed by atoms with E-state index in [9.17, 15) is 4.79 Å². The summed E-state index contributed by atoms with van der Waals surface area (Å²) in [5.74, 6) is 0. The third-order valence-corrected chi connectivity index (χ3v) is 4.80. The van der Waals surface area contributed by atoms with Gasteiger partial charge in [-0.2, -0.15) is 5.10 Å². The smallest absolute Gasteiger partial charge is 0.283 e. The molecule has 0 bridgehead atoms. The van der Waals surface area contributed by atoms with E-state index < -0.39 is 0 Å². The number of aryl methyl sites for hydroxylation is 1. The van der Waals surface area contributed by atoms with E-state index in [0.29, 0.717) is 16.7 Å². The molecule has 2 aromatic heterocycles. The second-order valence-corrected chi connectivity index (χ2v) is 6.58. The number of nitrogens with one attached hydrogen (secondary N) is 1. The van der Waals surface area contributed by atoms with E-state index in [4.69, 9.17) is 0 Å². The van der Waals surface area contributed by atoms with Crippen molar-refractivity contribution in [3.05, 3.63) is 55.6 Å². The average molecular weight is 354 g/mol. The van der Waals surface area contributed by atoms with Gasteiger partial charge in [-0.3, -0.25) is 4.79 Å². The Kier molecular flexibility index (Phi) is 4.77. The molecule has 0 aliphatic heterocycles. The van der Waals surface area contributed by atoms with Gasteiger partial charge < -0.3 is 5.32 Å². The standard InChI is InChI=1S/C14H16BrN3OS/c1-4-7-18-14(19)13(15)11(8-16-18)17-10(3)12-6-5-9(2)20-12/h4-6,8,10,17H,1,7H2,2-3H3. The van der Waals surface area contributed by atoms with E-state index in [1.807, 2.05) is 0 Å². The molecular weight excluding hydrogens is 338 g/mol. The number of rotatable bonds is 5. The van der Waals surface area contributed by atoms with Gasteiger partial charge in [-0.05, 0) is 41.9 Å². The highest BCUT2D eigenvalue weighted by Gasteiger charge is 2.12. The van der Waals surface area contributed by atoms with Crippen LogP contribution in [-0.2, 0) is 6.54 Å². The van der Waals surface area contributed by atoms with Crippen molar-refractivity contribution in [3.8, 4) is 0 Å². The number of thiophene rings is 1. The quantitative estimate of drug-likeness (QED) is 0.833. The molecule has 6 heteroatoms. The lowest BCUT2D eigenvalue weighted by atomic mass is 10.2. The molecule has 1 atom stereocenters. The molecule has 2 heterocycles. The summed E-state index contributed by atoms with van der Waals surface area (Å²) in [6.07, 6.45) is 3.30. The van der Waals surface area contributed by atoms with Crippen LogP contribution in [0.1, 0.15) is 22.7 Å². The topological polar surface area (TPSA) is 46.9 Å². The zero-order valence-corrected chi connectivity index (χ0v) is 13.8. The van der Waals surface area contributed by atoms with Crippen LogP contribution in [0.25, 0.3) is 0 Å². The van der Waals surface area contributed by atoms with Gasteiger partial charge in [-0.15, -0.1) is 17.9 Å². The minimum Gasteiger partial charge on any atom is -0.375 e. The first-order valence-electron chi connectivity index (χ1n) is 6.22. The van der Waals surface area contributed by atoms with E-state index in [1.165, 1.54) is 14.4 Å². The lowest BCUT2D eigenvalue weighted by Crippen LogP contribution is -2.24. The molecule has 0 amide bonds. The number of aromatic nitrogens is 2. The number of hydrogen-bond donors (Lipinski definition) is 1. The second kappa shape index (κ2) is 6.37. The van der Waals surface area contributed by atoms with Crippen LogP contribution in [0.5, 0.6) is 0 Å². The predicted octanol–water partition coefficient (Wildman–Crippen LogP) is 3.73. The number of anilines is 1. The fourth-order valence-corrected chi connectivity index (χ4v) is 3.11. The van der Waals surface area contributed by atoms with Crippen LogP contribution in [0.4, 0.5) is 5.69 Å². The number of allylic oxidation sites excluding steroid dienone is 1. The van der Waals surface area contributed by atoms with Crippen LogP contribution >= 0.6 is 27.3 Å². The van der Waals surface area contributed by atoms with Gasteiger partial charge in [0.2, 0.25) is 0 Å². The third-order valence-electron chi connectivity index (χ3n) is 2.85. The average Bonchev–Trinajstić information content (AvgIpc) is 2.85. The molecule has 0 radical (unpaired) electrons. The fourth-order valence-electron chi connectivity index (χ4n) is 1.81. The van der Waals surface area contributed by atoms with Gasteiger partial charge in [0.15, 0.2) is 0 Å². The van der Waals surface area contributed by atoms with Crippen LogP contribution in [-0.4, -0.2) is 9.78 Å². The van der Waals surface area contributed by atoms with E-state index in [1.54, 1.807) is 23.6 Å². The van der Waals surface area contributed by atoms with Crippen molar-refractivity contribution in [2.75, 3.05) is 5.32 Å². The molecule has 1 N–H and O–H groups in total. The van der Waals surface area contributed by atoms with E-state index in [0.717, 1.165) is 0 Å². The molecule has 0 aromatic carbocycles. The summed E-state index contributed by atoms with van der Waals surface area (Å²) < 4.78 is 1.86. The maximum absolute atomic E-state index is 12.1. The van der Waals surface area contributed by atoms with Crippen molar-refractivity contribution in [1.82, 2.24) is 9.78 Å². The minimum absolute atomic E-state index is 0.126. The summed E-state index contributed by atoms with van der Waals surface area (Å²) in [5.41, 5.74) is 0.540. The van der Waals surface area contributed by atoms with Gasteiger partial charge >= 0.3 is 0 Å².